The number of alkyl halides is 2. The van der Waals surface area contributed by atoms with Crippen molar-refractivity contribution in [1.82, 2.24) is 30.6 Å². The molecule has 0 radical (unpaired) electrons. The number of aromatic nitrogens is 5. The van der Waals surface area contributed by atoms with E-state index in [4.69, 9.17) is 10.00 Å². The van der Waals surface area contributed by atoms with Crippen molar-refractivity contribution in [2.45, 2.75) is 26.0 Å². The van der Waals surface area contributed by atoms with Gasteiger partial charge in [0.25, 0.3) is 6.43 Å². The van der Waals surface area contributed by atoms with Crippen molar-refractivity contribution >= 4 is 5.82 Å². The molecule has 0 spiro atoms. The van der Waals surface area contributed by atoms with Crippen LogP contribution >= 0.6 is 0 Å². The molecule has 152 valence electrons. The molecule has 1 aliphatic rings. The van der Waals surface area contributed by atoms with Crippen LogP contribution in [0.5, 0.6) is 5.88 Å². The van der Waals surface area contributed by atoms with E-state index < -0.39 is 12.5 Å². The summed E-state index contributed by atoms with van der Waals surface area (Å²) in [6.45, 7) is 1.89. The summed E-state index contributed by atoms with van der Waals surface area (Å²) in [6.07, 6.45) is 0.875. The highest BCUT2D eigenvalue weighted by Crippen LogP contribution is 2.22. The van der Waals surface area contributed by atoms with Gasteiger partial charge in [-0.1, -0.05) is 17.3 Å². The van der Waals surface area contributed by atoms with Crippen LogP contribution in [0, 0.1) is 18.3 Å². The largest absolute Gasteiger partial charge is 0.470 e. The van der Waals surface area contributed by atoms with Crippen LogP contribution in [0.4, 0.5) is 14.6 Å². The monoisotopic (exact) mass is 410 g/mol. The van der Waals surface area contributed by atoms with E-state index in [-0.39, 0.29) is 12.2 Å². The molecule has 0 saturated carbocycles. The van der Waals surface area contributed by atoms with E-state index in [1.54, 1.807) is 48.5 Å². The number of anilines is 1. The molecular formula is C19H16F2N8O. The van der Waals surface area contributed by atoms with Gasteiger partial charge in [0.2, 0.25) is 5.88 Å². The maximum atomic E-state index is 12.8. The SMILES string of the molecule is Cc1nnn(-c2ccc(C(F)F)cc2)c1COc1ccc(N2C=CC(C#N)N2)nn1. The van der Waals surface area contributed by atoms with Crippen LogP contribution in [-0.2, 0) is 6.61 Å². The normalized spacial score (nSPS) is 15.6. The second-order valence-corrected chi connectivity index (χ2v) is 6.39. The number of benzene rings is 1. The van der Waals surface area contributed by atoms with E-state index in [1.165, 1.54) is 16.8 Å². The Morgan fingerprint density at radius 3 is 2.60 bits per heavy atom. The zero-order valence-electron chi connectivity index (χ0n) is 15.8. The molecule has 30 heavy (non-hydrogen) atoms. The summed E-state index contributed by atoms with van der Waals surface area (Å²) in [5, 5.41) is 26.7. The Morgan fingerprint density at radius 1 is 1.17 bits per heavy atom. The third-order valence-corrected chi connectivity index (χ3v) is 4.42. The third-order valence-electron chi connectivity index (χ3n) is 4.42. The van der Waals surface area contributed by atoms with Crippen molar-refractivity contribution in [2.24, 2.45) is 0 Å². The number of nitriles is 1. The van der Waals surface area contributed by atoms with Gasteiger partial charge in [0, 0.05) is 17.8 Å². The molecular weight excluding hydrogens is 394 g/mol. The van der Waals surface area contributed by atoms with Crippen molar-refractivity contribution in [3.8, 4) is 17.6 Å². The van der Waals surface area contributed by atoms with Crippen LogP contribution in [0.25, 0.3) is 5.69 Å². The second-order valence-electron chi connectivity index (χ2n) is 6.39. The number of hydrogen-bond acceptors (Lipinski definition) is 8. The summed E-state index contributed by atoms with van der Waals surface area (Å²) in [6, 6.07) is 10.8. The first-order valence-electron chi connectivity index (χ1n) is 8.94. The quantitative estimate of drug-likeness (QED) is 0.661. The van der Waals surface area contributed by atoms with E-state index in [0.29, 0.717) is 28.8 Å². The molecule has 3 aromatic rings. The summed E-state index contributed by atoms with van der Waals surface area (Å²) >= 11 is 0. The molecule has 0 bridgehead atoms. The number of ether oxygens (including phenoxy) is 1. The van der Waals surface area contributed by atoms with Crippen molar-refractivity contribution in [2.75, 3.05) is 5.01 Å². The molecule has 1 unspecified atom stereocenters. The lowest BCUT2D eigenvalue weighted by Crippen LogP contribution is -2.34. The van der Waals surface area contributed by atoms with Crippen LogP contribution < -0.4 is 15.2 Å². The Hall–Kier alpha value is -3.91. The Kier molecular flexibility index (Phi) is 5.32. The van der Waals surface area contributed by atoms with Gasteiger partial charge in [-0.2, -0.15) is 5.26 Å². The lowest BCUT2D eigenvalue weighted by molar-refractivity contribution is 0.151. The summed E-state index contributed by atoms with van der Waals surface area (Å²) in [7, 11) is 0. The van der Waals surface area contributed by atoms with Crippen LogP contribution in [0.1, 0.15) is 23.4 Å². The molecule has 4 rings (SSSR count). The Balaban J connectivity index is 1.45. The van der Waals surface area contributed by atoms with Crippen LogP contribution in [0.2, 0.25) is 0 Å². The molecule has 0 fully saturated rings. The topological polar surface area (TPSA) is 105 Å². The molecule has 2 aromatic heterocycles. The van der Waals surface area contributed by atoms with Gasteiger partial charge in [-0.25, -0.2) is 18.9 Å². The van der Waals surface area contributed by atoms with E-state index in [2.05, 4.69) is 32.0 Å². The molecule has 0 amide bonds. The lowest BCUT2D eigenvalue weighted by atomic mass is 10.2. The average Bonchev–Trinajstić information content (AvgIpc) is 3.39. The van der Waals surface area contributed by atoms with Gasteiger partial charge in [-0.3, -0.25) is 5.01 Å². The number of nitrogens with one attached hydrogen (secondary N) is 1. The molecule has 1 aliphatic heterocycles. The molecule has 1 N–H and O–H groups in total. The van der Waals surface area contributed by atoms with Gasteiger partial charge in [0.05, 0.1) is 17.5 Å². The first-order valence-corrected chi connectivity index (χ1v) is 8.94. The molecule has 11 heteroatoms. The zero-order valence-corrected chi connectivity index (χ0v) is 15.8. The van der Waals surface area contributed by atoms with Gasteiger partial charge >= 0.3 is 0 Å². The van der Waals surface area contributed by atoms with Crippen molar-refractivity contribution in [3.05, 3.63) is 65.6 Å². The molecule has 3 heterocycles. The number of halogens is 2. The Morgan fingerprint density at radius 2 is 1.97 bits per heavy atom. The fraction of sp³-hybridized carbons (Fsp3) is 0.211. The zero-order chi connectivity index (χ0) is 21.1. The van der Waals surface area contributed by atoms with Crippen molar-refractivity contribution < 1.29 is 13.5 Å². The van der Waals surface area contributed by atoms with Gasteiger partial charge in [-0.05, 0) is 31.2 Å². The predicted molar refractivity (Wildman–Crippen MR) is 102 cm³/mol. The number of hydrogen-bond donors (Lipinski definition) is 1. The number of hydrazine groups is 1. The molecule has 1 aromatic carbocycles. The Labute approximate surface area is 170 Å². The smallest absolute Gasteiger partial charge is 0.263 e. The standard InChI is InChI=1S/C19H16F2N8O/c1-12-16(29(27-23-12)15-4-2-13(3-5-15)19(20)21)11-30-18-7-6-17(24-25-18)28-9-8-14(10-22)26-28/h2-9,14,19,26H,11H2,1H3. The molecule has 1 atom stereocenters. The fourth-order valence-corrected chi connectivity index (χ4v) is 2.79. The summed E-state index contributed by atoms with van der Waals surface area (Å²) < 4.78 is 32.8. The number of aryl methyl sites for hydroxylation is 1. The van der Waals surface area contributed by atoms with Crippen LogP contribution in [-0.4, -0.2) is 31.2 Å². The van der Waals surface area contributed by atoms with Gasteiger partial charge in [-0.15, -0.1) is 15.3 Å². The minimum Gasteiger partial charge on any atom is -0.470 e. The van der Waals surface area contributed by atoms with Crippen LogP contribution in [0.15, 0.2) is 48.7 Å². The maximum absolute atomic E-state index is 12.8. The summed E-state index contributed by atoms with van der Waals surface area (Å²) in [5.74, 6) is 0.803. The van der Waals surface area contributed by atoms with Crippen molar-refractivity contribution in [1.29, 1.82) is 5.26 Å². The van der Waals surface area contributed by atoms with E-state index in [0.717, 1.165) is 0 Å². The minimum absolute atomic E-state index is 0.0628. The van der Waals surface area contributed by atoms with Gasteiger partial charge < -0.3 is 4.74 Å². The van der Waals surface area contributed by atoms with Gasteiger partial charge in [0.1, 0.15) is 18.3 Å². The third kappa shape index (κ3) is 3.94. The fourth-order valence-electron chi connectivity index (χ4n) is 2.79. The first kappa shape index (κ1) is 19.4. The number of nitrogens with zero attached hydrogens (tertiary/aromatic N) is 7. The minimum atomic E-state index is -2.53. The predicted octanol–water partition coefficient (Wildman–Crippen LogP) is 2.61. The number of rotatable bonds is 6. The Bertz CT molecular complexity index is 1090. The lowest BCUT2D eigenvalue weighted by Gasteiger charge is -2.15. The summed E-state index contributed by atoms with van der Waals surface area (Å²) in [5.41, 5.74) is 4.76. The highest BCUT2D eigenvalue weighted by atomic mass is 19.3. The summed E-state index contributed by atoms with van der Waals surface area (Å²) in [4.78, 5) is 0. The van der Waals surface area contributed by atoms with E-state index in [1.807, 2.05) is 0 Å². The van der Waals surface area contributed by atoms with Crippen molar-refractivity contribution in [3.63, 3.8) is 0 Å². The molecule has 0 saturated heterocycles. The maximum Gasteiger partial charge on any atom is 0.263 e. The van der Waals surface area contributed by atoms with Gasteiger partial charge in [0.15, 0.2) is 5.82 Å². The highest BCUT2D eigenvalue weighted by Gasteiger charge is 2.17. The first-order chi connectivity index (χ1) is 14.5. The average molecular weight is 410 g/mol. The molecule has 0 aliphatic carbocycles. The van der Waals surface area contributed by atoms with E-state index in [9.17, 15) is 8.78 Å². The molecule has 9 nitrogen and oxygen atoms in total. The second kappa shape index (κ2) is 8.22. The highest BCUT2D eigenvalue weighted by molar-refractivity contribution is 5.43. The van der Waals surface area contributed by atoms with E-state index >= 15 is 0 Å². The van der Waals surface area contributed by atoms with Crippen LogP contribution in [0.3, 0.4) is 0 Å².